The van der Waals surface area contributed by atoms with E-state index in [-0.39, 0.29) is 47.0 Å². The van der Waals surface area contributed by atoms with Crippen molar-refractivity contribution in [1.29, 1.82) is 10.5 Å². The van der Waals surface area contributed by atoms with Crippen molar-refractivity contribution in [2.45, 2.75) is 58.0 Å². The molecule has 38 heavy (non-hydrogen) atoms. The lowest BCUT2D eigenvalue weighted by Crippen LogP contribution is -2.43. The second-order valence-electron chi connectivity index (χ2n) is 10.2. The molecular weight excluding hydrogens is 480 g/mol. The highest BCUT2D eigenvalue weighted by Crippen LogP contribution is 2.39. The zero-order valence-corrected chi connectivity index (χ0v) is 21.5. The number of hydrogen-bond acceptors (Lipinski definition) is 7. The molecule has 10 nitrogen and oxygen atoms in total. The minimum absolute atomic E-state index is 0.0226. The van der Waals surface area contributed by atoms with E-state index in [0.717, 1.165) is 36.0 Å². The third-order valence-electron chi connectivity index (χ3n) is 7.58. The quantitative estimate of drug-likeness (QED) is 0.538. The van der Waals surface area contributed by atoms with E-state index in [2.05, 4.69) is 26.5 Å². The minimum atomic E-state index is -0.346. The summed E-state index contributed by atoms with van der Waals surface area (Å²) in [5.74, 6) is 0.240. The summed E-state index contributed by atoms with van der Waals surface area (Å²) in [7, 11) is 0. The van der Waals surface area contributed by atoms with E-state index < -0.39 is 0 Å². The van der Waals surface area contributed by atoms with Gasteiger partial charge in [0.2, 0.25) is 11.9 Å². The molecule has 1 N–H and O–H groups in total. The third kappa shape index (κ3) is 4.61. The molecule has 0 spiro atoms. The number of amides is 2. The van der Waals surface area contributed by atoms with E-state index in [1.54, 1.807) is 28.2 Å². The van der Waals surface area contributed by atoms with Gasteiger partial charge in [0.1, 0.15) is 6.07 Å². The number of aromatic nitrogens is 4. The molecule has 1 aromatic carbocycles. The molecule has 1 aliphatic heterocycles. The van der Waals surface area contributed by atoms with Crippen LogP contribution in [0.3, 0.4) is 0 Å². The van der Waals surface area contributed by atoms with Gasteiger partial charge in [-0.05, 0) is 50.7 Å². The lowest BCUT2D eigenvalue weighted by molar-refractivity contribution is -0.119. The molecule has 1 aliphatic carbocycles. The van der Waals surface area contributed by atoms with Gasteiger partial charge < -0.3 is 5.32 Å². The summed E-state index contributed by atoms with van der Waals surface area (Å²) in [5, 5.41) is 26.4. The summed E-state index contributed by atoms with van der Waals surface area (Å²) in [6, 6.07) is 9.72. The molecule has 3 heterocycles. The Balaban J connectivity index is 1.25. The lowest BCUT2D eigenvalue weighted by atomic mass is 9.74. The number of anilines is 1. The van der Waals surface area contributed by atoms with Crippen LogP contribution in [0.1, 0.15) is 83.4 Å². The fourth-order valence-electron chi connectivity index (χ4n) is 5.07. The molecule has 1 saturated carbocycles. The number of hydrogen-bond donors (Lipinski definition) is 1. The molecule has 2 atom stereocenters. The molecule has 2 aliphatic rings. The number of carbonyl (C=O) groups excluding carboxylic acids is 2. The normalized spacial score (nSPS) is 21.3. The molecule has 2 amide bonds. The van der Waals surface area contributed by atoms with Crippen molar-refractivity contribution in [1.82, 2.24) is 25.1 Å². The third-order valence-corrected chi connectivity index (χ3v) is 7.58. The van der Waals surface area contributed by atoms with Gasteiger partial charge >= 0.3 is 0 Å². The molecule has 192 valence electrons. The zero-order chi connectivity index (χ0) is 27.0. The van der Waals surface area contributed by atoms with E-state index >= 15 is 0 Å². The van der Waals surface area contributed by atoms with Crippen LogP contribution < -0.4 is 10.2 Å². The summed E-state index contributed by atoms with van der Waals surface area (Å²) in [4.78, 5) is 35.6. The highest BCUT2D eigenvalue weighted by Gasteiger charge is 2.34. The predicted molar refractivity (Wildman–Crippen MR) is 138 cm³/mol. The molecule has 2 aromatic heterocycles. The second-order valence-corrected chi connectivity index (χ2v) is 10.2. The summed E-state index contributed by atoms with van der Waals surface area (Å²) in [6.45, 7) is 6.38. The molecule has 1 saturated heterocycles. The van der Waals surface area contributed by atoms with Crippen molar-refractivity contribution in [2.24, 2.45) is 5.92 Å². The van der Waals surface area contributed by atoms with Gasteiger partial charge in [0.25, 0.3) is 5.91 Å². The number of nitrogens with one attached hydrogen (secondary N) is 1. The Hall–Kier alpha value is -4.57. The summed E-state index contributed by atoms with van der Waals surface area (Å²) < 4.78 is 1.56. The monoisotopic (exact) mass is 508 g/mol. The summed E-state index contributed by atoms with van der Waals surface area (Å²) in [5.41, 5.74) is 3.79. The average molecular weight is 509 g/mol. The lowest BCUT2D eigenvalue weighted by Gasteiger charge is -2.36. The smallest absolute Gasteiger partial charge is 0.256 e. The van der Waals surface area contributed by atoms with Gasteiger partial charge in [-0.1, -0.05) is 24.6 Å². The summed E-state index contributed by atoms with van der Waals surface area (Å²) >= 11 is 0. The van der Waals surface area contributed by atoms with Crippen molar-refractivity contribution in [3.63, 3.8) is 0 Å². The highest BCUT2D eigenvalue weighted by atomic mass is 16.2. The zero-order valence-electron chi connectivity index (χ0n) is 21.5. The number of carbonyl (C=O) groups is 2. The van der Waals surface area contributed by atoms with Crippen LogP contribution in [0.5, 0.6) is 0 Å². The summed E-state index contributed by atoms with van der Waals surface area (Å²) in [6.07, 6.45) is 7.11. The molecule has 0 radical (unpaired) electrons. The van der Waals surface area contributed by atoms with Gasteiger partial charge in [0, 0.05) is 42.7 Å². The molecular formula is C28H28N8O2. The van der Waals surface area contributed by atoms with Crippen LogP contribution >= 0.6 is 0 Å². The number of benzene rings is 1. The van der Waals surface area contributed by atoms with Crippen molar-refractivity contribution >= 4 is 17.8 Å². The Morgan fingerprint density at radius 1 is 1.18 bits per heavy atom. The van der Waals surface area contributed by atoms with Crippen molar-refractivity contribution in [2.75, 3.05) is 11.4 Å². The van der Waals surface area contributed by atoms with Gasteiger partial charge in [-0.15, -0.1) is 0 Å². The van der Waals surface area contributed by atoms with Crippen molar-refractivity contribution < 1.29 is 9.59 Å². The Labute approximate surface area is 220 Å². The predicted octanol–water partition coefficient (Wildman–Crippen LogP) is 3.38. The van der Waals surface area contributed by atoms with Crippen molar-refractivity contribution in [3.8, 4) is 12.1 Å². The van der Waals surface area contributed by atoms with Crippen LogP contribution in [0.4, 0.5) is 5.95 Å². The Morgan fingerprint density at radius 2 is 1.92 bits per heavy atom. The first-order chi connectivity index (χ1) is 18.3. The minimum Gasteiger partial charge on any atom is -0.349 e. The standard InChI is InChI=1S/C28H28N8O2/c1-16-4-5-19(11-29)23(8-16)20-9-22(10-20)33-26(37)24-15-36(34-25(24)12-30)18(3)21-13-31-28(32-14-21)35-7-6-17(2)27(35)38/h4-5,8,13-15,17-18,20,22H,6-7,9-10H2,1-3H3,(H,33,37)/t17-,18?,20?,22?/m0/s1. The van der Waals surface area contributed by atoms with Crippen LogP contribution in [0, 0.1) is 35.5 Å². The number of aryl methyl sites for hydroxylation is 1. The van der Waals surface area contributed by atoms with E-state index in [1.165, 1.54) is 0 Å². The largest absolute Gasteiger partial charge is 0.349 e. The van der Waals surface area contributed by atoms with E-state index in [9.17, 15) is 20.1 Å². The fraction of sp³-hybridized carbons (Fsp3) is 0.393. The van der Waals surface area contributed by atoms with Gasteiger partial charge in [0.05, 0.1) is 23.2 Å². The second kappa shape index (κ2) is 10.1. The molecule has 1 unspecified atom stereocenters. The van der Waals surface area contributed by atoms with Crippen LogP contribution in [0.25, 0.3) is 0 Å². The maximum Gasteiger partial charge on any atom is 0.256 e. The SMILES string of the molecule is Cc1ccc(C#N)c(C2CC(NC(=O)c3cn(C(C)c4cnc(N5CC[C@H](C)C5=O)nc4)nc3C#N)C2)c1. The highest BCUT2D eigenvalue weighted by molar-refractivity contribution is 5.96. The Kier molecular flexibility index (Phi) is 6.64. The van der Waals surface area contributed by atoms with Crippen LogP contribution in [0.15, 0.2) is 36.8 Å². The molecule has 10 heteroatoms. The number of nitriles is 2. The first-order valence-electron chi connectivity index (χ1n) is 12.7. The number of nitrogens with zero attached hydrogens (tertiary/aromatic N) is 7. The topological polar surface area (TPSA) is 141 Å². The first kappa shape index (κ1) is 25.1. The van der Waals surface area contributed by atoms with E-state index in [4.69, 9.17) is 0 Å². The van der Waals surface area contributed by atoms with Crippen LogP contribution in [-0.4, -0.2) is 44.1 Å². The maximum atomic E-state index is 13.0. The van der Waals surface area contributed by atoms with E-state index in [1.807, 2.05) is 45.0 Å². The van der Waals surface area contributed by atoms with Gasteiger partial charge in [-0.25, -0.2) is 9.97 Å². The average Bonchev–Trinajstić information content (AvgIpc) is 3.49. The van der Waals surface area contributed by atoms with E-state index in [0.29, 0.717) is 18.1 Å². The Bertz CT molecular complexity index is 1470. The molecule has 2 fully saturated rings. The van der Waals surface area contributed by atoms with Crippen molar-refractivity contribution in [3.05, 3.63) is 70.3 Å². The van der Waals surface area contributed by atoms with Crippen LogP contribution in [-0.2, 0) is 4.79 Å². The molecule has 5 rings (SSSR count). The van der Waals surface area contributed by atoms with Crippen LogP contribution in [0.2, 0.25) is 0 Å². The van der Waals surface area contributed by atoms with Gasteiger partial charge in [-0.2, -0.15) is 15.6 Å². The van der Waals surface area contributed by atoms with Gasteiger partial charge in [0.15, 0.2) is 5.69 Å². The molecule has 0 bridgehead atoms. The fourth-order valence-corrected chi connectivity index (χ4v) is 5.07. The Morgan fingerprint density at radius 3 is 2.55 bits per heavy atom. The first-order valence-corrected chi connectivity index (χ1v) is 12.7. The van der Waals surface area contributed by atoms with Gasteiger partial charge in [-0.3, -0.25) is 19.2 Å². The maximum absolute atomic E-state index is 13.0. The number of rotatable bonds is 6. The molecule has 3 aromatic rings.